The zero-order valence-corrected chi connectivity index (χ0v) is 26.3. The SMILES string of the molecule is c1ccc(-c2c(-c3cccc4ccc5cc6ccccc6cc5c34)ccc3cc4ccccc4cc23)c(-c2cccc3ccccc23)c1. The lowest BCUT2D eigenvalue weighted by molar-refractivity contribution is 1.61. The first-order chi connectivity index (χ1) is 23.8. The van der Waals surface area contributed by atoms with Crippen LogP contribution in [0.5, 0.6) is 0 Å². The van der Waals surface area contributed by atoms with Gasteiger partial charge < -0.3 is 0 Å². The molecule has 222 valence electrons. The van der Waals surface area contributed by atoms with E-state index in [4.69, 9.17) is 0 Å². The zero-order chi connectivity index (χ0) is 31.6. The van der Waals surface area contributed by atoms with Crippen molar-refractivity contribution in [2.75, 3.05) is 0 Å². The van der Waals surface area contributed by atoms with Crippen LogP contribution in [0, 0.1) is 0 Å². The summed E-state index contributed by atoms with van der Waals surface area (Å²) < 4.78 is 0. The summed E-state index contributed by atoms with van der Waals surface area (Å²) >= 11 is 0. The quantitative estimate of drug-likeness (QED) is 0.139. The molecule has 0 aliphatic heterocycles. The third-order valence-corrected chi connectivity index (χ3v) is 10.2. The van der Waals surface area contributed by atoms with Crippen LogP contribution in [0.3, 0.4) is 0 Å². The van der Waals surface area contributed by atoms with Gasteiger partial charge in [0.05, 0.1) is 0 Å². The first-order valence-corrected chi connectivity index (χ1v) is 16.7. The Kier molecular flexibility index (Phi) is 5.98. The Morgan fingerprint density at radius 3 is 1.44 bits per heavy atom. The molecule has 0 aromatic heterocycles. The van der Waals surface area contributed by atoms with Crippen LogP contribution < -0.4 is 0 Å². The third kappa shape index (κ3) is 4.16. The van der Waals surface area contributed by atoms with E-state index < -0.39 is 0 Å². The molecule has 10 aromatic rings. The molecule has 0 spiro atoms. The van der Waals surface area contributed by atoms with Crippen LogP contribution in [0.1, 0.15) is 0 Å². The van der Waals surface area contributed by atoms with Crippen molar-refractivity contribution in [1.82, 2.24) is 0 Å². The maximum absolute atomic E-state index is 2.40. The van der Waals surface area contributed by atoms with Crippen LogP contribution in [0.25, 0.3) is 98.0 Å². The lowest BCUT2D eigenvalue weighted by Gasteiger charge is -2.20. The van der Waals surface area contributed by atoms with Crippen molar-refractivity contribution >= 4 is 64.6 Å². The molecule has 0 saturated heterocycles. The van der Waals surface area contributed by atoms with Crippen molar-refractivity contribution in [2.24, 2.45) is 0 Å². The van der Waals surface area contributed by atoms with Gasteiger partial charge in [0.1, 0.15) is 0 Å². The molecule has 0 aliphatic rings. The van der Waals surface area contributed by atoms with Crippen molar-refractivity contribution in [2.45, 2.75) is 0 Å². The van der Waals surface area contributed by atoms with Gasteiger partial charge in [-0.3, -0.25) is 0 Å². The Balaban J connectivity index is 1.36. The molecule has 10 aromatic carbocycles. The van der Waals surface area contributed by atoms with Crippen molar-refractivity contribution < 1.29 is 0 Å². The van der Waals surface area contributed by atoms with E-state index in [0.717, 1.165) is 0 Å². The highest BCUT2D eigenvalue weighted by Gasteiger charge is 2.19. The largest absolute Gasteiger partial charge is 0.0616 e. The molecule has 0 saturated carbocycles. The lowest BCUT2D eigenvalue weighted by Crippen LogP contribution is -1.93. The van der Waals surface area contributed by atoms with E-state index in [2.05, 4.69) is 182 Å². The molecular formula is C48H30. The fraction of sp³-hybridized carbons (Fsp3) is 0. The Hall–Kier alpha value is -6.24. The number of benzene rings is 10. The predicted octanol–water partition coefficient (Wildman–Crippen LogP) is 13.6. The number of fused-ring (bicyclic) bond motifs is 7. The van der Waals surface area contributed by atoms with Crippen molar-refractivity contribution in [1.29, 1.82) is 0 Å². The van der Waals surface area contributed by atoms with Gasteiger partial charge >= 0.3 is 0 Å². The highest BCUT2D eigenvalue weighted by molar-refractivity contribution is 6.20. The Labute approximate surface area is 279 Å². The van der Waals surface area contributed by atoms with Crippen molar-refractivity contribution in [3.05, 3.63) is 182 Å². The standard InChI is InChI=1S/C48H30/c1-3-14-35-29-45-37(27-33(35)12-1)24-23-32-17-10-22-43(47(32)45)44-26-25-38-28-34-13-2-4-15-36(34)30-46(38)48(44)42-20-8-7-19-41(42)40-21-9-16-31-11-5-6-18-39(31)40/h1-30H. The van der Waals surface area contributed by atoms with E-state index >= 15 is 0 Å². The lowest BCUT2D eigenvalue weighted by atomic mass is 9.83. The molecule has 0 radical (unpaired) electrons. The van der Waals surface area contributed by atoms with E-state index in [9.17, 15) is 0 Å². The topological polar surface area (TPSA) is 0 Å². The van der Waals surface area contributed by atoms with Crippen LogP contribution in [-0.2, 0) is 0 Å². The second-order valence-corrected chi connectivity index (χ2v) is 12.9. The maximum atomic E-state index is 2.40. The van der Waals surface area contributed by atoms with E-state index in [1.165, 1.54) is 98.0 Å². The van der Waals surface area contributed by atoms with E-state index in [-0.39, 0.29) is 0 Å². The average molecular weight is 607 g/mol. The molecule has 10 rings (SSSR count). The second kappa shape index (κ2) is 10.7. The van der Waals surface area contributed by atoms with E-state index in [0.29, 0.717) is 0 Å². The zero-order valence-electron chi connectivity index (χ0n) is 26.3. The summed E-state index contributed by atoms with van der Waals surface area (Å²) in [6.07, 6.45) is 0. The minimum Gasteiger partial charge on any atom is -0.0616 e. The summed E-state index contributed by atoms with van der Waals surface area (Å²) in [6.45, 7) is 0. The molecule has 48 heavy (non-hydrogen) atoms. The fourth-order valence-electron chi connectivity index (χ4n) is 7.95. The minimum atomic E-state index is 1.24. The summed E-state index contributed by atoms with van der Waals surface area (Å²) in [4.78, 5) is 0. The van der Waals surface area contributed by atoms with Crippen LogP contribution in [0.4, 0.5) is 0 Å². The molecule has 0 amide bonds. The normalized spacial score (nSPS) is 11.8. The van der Waals surface area contributed by atoms with Gasteiger partial charge in [-0.15, -0.1) is 0 Å². The first-order valence-electron chi connectivity index (χ1n) is 16.7. The smallest absolute Gasteiger partial charge is 0.00201 e. The fourth-order valence-corrected chi connectivity index (χ4v) is 7.95. The van der Waals surface area contributed by atoms with Gasteiger partial charge in [-0.1, -0.05) is 158 Å². The molecule has 0 heteroatoms. The van der Waals surface area contributed by atoms with Gasteiger partial charge in [-0.2, -0.15) is 0 Å². The van der Waals surface area contributed by atoms with E-state index in [1.54, 1.807) is 0 Å². The molecule has 0 nitrogen and oxygen atoms in total. The van der Waals surface area contributed by atoms with E-state index in [1.807, 2.05) is 0 Å². The van der Waals surface area contributed by atoms with Crippen molar-refractivity contribution in [3.63, 3.8) is 0 Å². The van der Waals surface area contributed by atoms with Crippen LogP contribution >= 0.6 is 0 Å². The highest BCUT2D eigenvalue weighted by atomic mass is 14.2. The number of rotatable bonds is 3. The monoisotopic (exact) mass is 606 g/mol. The van der Waals surface area contributed by atoms with Gasteiger partial charge in [-0.25, -0.2) is 0 Å². The van der Waals surface area contributed by atoms with Gasteiger partial charge in [0.25, 0.3) is 0 Å². The Bertz CT molecular complexity index is 2890. The van der Waals surface area contributed by atoms with Crippen LogP contribution in [0.2, 0.25) is 0 Å². The van der Waals surface area contributed by atoms with Crippen LogP contribution in [0.15, 0.2) is 182 Å². The van der Waals surface area contributed by atoms with Crippen LogP contribution in [-0.4, -0.2) is 0 Å². The molecule has 0 aliphatic carbocycles. The van der Waals surface area contributed by atoms with Gasteiger partial charge in [0.2, 0.25) is 0 Å². The molecule has 0 fully saturated rings. The van der Waals surface area contributed by atoms with Gasteiger partial charge in [0.15, 0.2) is 0 Å². The summed E-state index contributed by atoms with van der Waals surface area (Å²) in [7, 11) is 0. The van der Waals surface area contributed by atoms with Gasteiger partial charge in [-0.05, 0) is 122 Å². The maximum Gasteiger partial charge on any atom is -0.00201 e. The summed E-state index contributed by atoms with van der Waals surface area (Å²) in [5.41, 5.74) is 7.51. The summed E-state index contributed by atoms with van der Waals surface area (Å²) in [5, 5.41) is 15.2. The summed E-state index contributed by atoms with van der Waals surface area (Å²) in [6, 6.07) is 67.3. The molecule has 0 unspecified atom stereocenters. The molecule has 0 atom stereocenters. The first kappa shape index (κ1) is 26.9. The number of hydrogen-bond donors (Lipinski definition) is 0. The predicted molar refractivity (Wildman–Crippen MR) is 208 cm³/mol. The third-order valence-electron chi connectivity index (χ3n) is 10.2. The second-order valence-electron chi connectivity index (χ2n) is 12.9. The molecule has 0 bridgehead atoms. The average Bonchev–Trinajstić information content (AvgIpc) is 3.15. The number of hydrogen-bond acceptors (Lipinski definition) is 0. The minimum absolute atomic E-state index is 1.24. The summed E-state index contributed by atoms with van der Waals surface area (Å²) in [5.74, 6) is 0. The Morgan fingerprint density at radius 1 is 0.208 bits per heavy atom. The Morgan fingerprint density at radius 2 is 0.688 bits per heavy atom. The van der Waals surface area contributed by atoms with Gasteiger partial charge in [0, 0.05) is 0 Å². The molecule has 0 N–H and O–H groups in total. The molecular weight excluding hydrogens is 577 g/mol. The van der Waals surface area contributed by atoms with Crippen molar-refractivity contribution in [3.8, 4) is 33.4 Å². The highest BCUT2D eigenvalue weighted by Crippen LogP contribution is 2.47. The molecule has 0 heterocycles.